The van der Waals surface area contributed by atoms with Crippen LogP contribution in [0.4, 0.5) is 11.4 Å². The molecule has 0 aliphatic heterocycles. The second-order valence-electron chi connectivity index (χ2n) is 4.66. The Bertz CT molecular complexity index is 472. The molecule has 6 nitrogen and oxygen atoms in total. The van der Waals surface area contributed by atoms with Crippen LogP contribution in [0, 0.1) is 16.0 Å². The third-order valence-corrected chi connectivity index (χ3v) is 3.50. The second-order valence-corrected chi connectivity index (χ2v) is 4.66. The number of nitrogens with zero attached hydrogens (tertiary/aromatic N) is 1. The molecule has 0 heterocycles. The zero-order valence-corrected chi connectivity index (χ0v) is 11.1. The molecule has 1 N–H and O–H groups in total. The van der Waals surface area contributed by atoms with Gasteiger partial charge in [-0.2, -0.15) is 0 Å². The van der Waals surface area contributed by atoms with Gasteiger partial charge >= 0.3 is 0 Å². The first-order valence-electron chi connectivity index (χ1n) is 6.30. The van der Waals surface area contributed by atoms with Crippen LogP contribution in [0.1, 0.15) is 19.3 Å². The third-order valence-electron chi connectivity index (χ3n) is 3.50. The molecule has 2 rings (SSSR count). The van der Waals surface area contributed by atoms with Gasteiger partial charge in [0.25, 0.3) is 5.69 Å². The highest BCUT2D eigenvalue weighted by Gasteiger charge is 2.22. The number of methoxy groups -OCH3 is 2. The molecule has 1 aromatic rings. The highest BCUT2D eigenvalue weighted by molar-refractivity contribution is 5.68. The van der Waals surface area contributed by atoms with Crippen molar-refractivity contribution in [2.24, 2.45) is 5.92 Å². The van der Waals surface area contributed by atoms with Gasteiger partial charge in [-0.1, -0.05) is 6.42 Å². The fourth-order valence-corrected chi connectivity index (χ4v) is 2.11. The van der Waals surface area contributed by atoms with Crippen LogP contribution in [0.25, 0.3) is 0 Å². The van der Waals surface area contributed by atoms with E-state index in [1.54, 1.807) is 6.07 Å². The first-order chi connectivity index (χ1) is 9.15. The number of hydrogen-bond donors (Lipinski definition) is 1. The summed E-state index contributed by atoms with van der Waals surface area (Å²) in [5, 5.41) is 14.2. The first kappa shape index (κ1) is 13.5. The third kappa shape index (κ3) is 2.89. The van der Waals surface area contributed by atoms with Gasteiger partial charge in [0.15, 0.2) is 11.5 Å². The van der Waals surface area contributed by atoms with Gasteiger partial charge in [-0.3, -0.25) is 10.1 Å². The van der Waals surface area contributed by atoms with Gasteiger partial charge < -0.3 is 14.8 Å². The van der Waals surface area contributed by atoms with E-state index in [9.17, 15) is 10.1 Å². The van der Waals surface area contributed by atoms with Crippen LogP contribution in [0.5, 0.6) is 11.5 Å². The molecule has 0 amide bonds. The minimum atomic E-state index is -0.412. The van der Waals surface area contributed by atoms with Crippen molar-refractivity contribution in [3.63, 3.8) is 0 Å². The number of anilines is 1. The van der Waals surface area contributed by atoms with Crippen LogP contribution in [0.3, 0.4) is 0 Å². The number of ether oxygens (including phenoxy) is 2. The maximum absolute atomic E-state index is 11.1. The summed E-state index contributed by atoms with van der Waals surface area (Å²) in [6.45, 7) is 0.760. The summed E-state index contributed by atoms with van der Waals surface area (Å²) in [7, 11) is 2.97. The van der Waals surface area contributed by atoms with Crippen LogP contribution >= 0.6 is 0 Å². The average Bonchev–Trinajstić information content (AvgIpc) is 2.35. The number of hydrogen-bond acceptors (Lipinski definition) is 5. The Hall–Kier alpha value is -1.98. The summed E-state index contributed by atoms with van der Waals surface area (Å²) in [5.41, 5.74) is 0.492. The van der Waals surface area contributed by atoms with Crippen molar-refractivity contribution >= 4 is 11.4 Å². The molecule has 0 aromatic heterocycles. The molecule has 0 radical (unpaired) electrons. The standard InChI is InChI=1S/C13H18N2O4/c1-18-12-6-10(14-8-9-4-3-5-9)11(15(16)17)7-13(12)19-2/h6-7,9,14H,3-5,8H2,1-2H3. The summed E-state index contributed by atoms with van der Waals surface area (Å²) in [6, 6.07) is 3.01. The number of nitro groups is 1. The van der Waals surface area contributed by atoms with Crippen molar-refractivity contribution in [1.29, 1.82) is 0 Å². The second kappa shape index (κ2) is 5.77. The Morgan fingerprint density at radius 2 is 1.95 bits per heavy atom. The van der Waals surface area contributed by atoms with Crippen molar-refractivity contribution in [1.82, 2.24) is 0 Å². The summed E-state index contributed by atoms with van der Waals surface area (Å²) in [5.74, 6) is 1.47. The Kier molecular flexibility index (Phi) is 4.09. The highest BCUT2D eigenvalue weighted by Crippen LogP contribution is 2.38. The molecule has 1 aliphatic rings. The van der Waals surface area contributed by atoms with Gasteiger partial charge in [-0.05, 0) is 18.8 Å². The van der Waals surface area contributed by atoms with Gasteiger partial charge in [0.05, 0.1) is 25.2 Å². The molecule has 0 bridgehead atoms. The monoisotopic (exact) mass is 266 g/mol. The lowest BCUT2D eigenvalue weighted by Gasteiger charge is -2.25. The van der Waals surface area contributed by atoms with E-state index in [2.05, 4.69) is 5.32 Å². The topological polar surface area (TPSA) is 73.6 Å². The summed E-state index contributed by atoms with van der Waals surface area (Å²) in [6.07, 6.45) is 3.63. The van der Waals surface area contributed by atoms with Crippen LogP contribution < -0.4 is 14.8 Å². The minimum Gasteiger partial charge on any atom is -0.493 e. The molecule has 0 atom stereocenters. The predicted octanol–water partition coefficient (Wildman–Crippen LogP) is 2.82. The Labute approximate surface area is 111 Å². The predicted molar refractivity (Wildman–Crippen MR) is 72.0 cm³/mol. The molecule has 104 valence electrons. The average molecular weight is 266 g/mol. The maximum Gasteiger partial charge on any atom is 0.296 e. The van der Waals surface area contributed by atoms with Crippen molar-refractivity contribution in [3.05, 3.63) is 22.2 Å². The van der Waals surface area contributed by atoms with E-state index in [0.29, 0.717) is 23.1 Å². The zero-order chi connectivity index (χ0) is 13.8. The number of rotatable bonds is 6. The lowest BCUT2D eigenvalue weighted by atomic mass is 9.85. The molecule has 0 saturated heterocycles. The van der Waals surface area contributed by atoms with E-state index in [0.717, 1.165) is 6.54 Å². The van der Waals surface area contributed by atoms with E-state index in [1.807, 2.05) is 0 Å². The van der Waals surface area contributed by atoms with Gasteiger partial charge in [0, 0.05) is 12.6 Å². The molecule has 19 heavy (non-hydrogen) atoms. The van der Waals surface area contributed by atoms with Crippen molar-refractivity contribution in [3.8, 4) is 11.5 Å². The molecule has 1 saturated carbocycles. The summed E-state index contributed by atoms with van der Waals surface area (Å²) < 4.78 is 10.3. The lowest BCUT2D eigenvalue weighted by molar-refractivity contribution is -0.384. The molecule has 1 aliphatic carbocycles. The van der Waals surface area contributed by atoms with Gasteiger partial charge in [-0.25, -0.2) is 0 Å². The first-order valence-corrected chi connectivity index (χ1v) is 6.30. The number of benzene rings is 1. The molecule has 6 heteroatoms. The fourth-order valence-electron chi connectivity index (χ4n) is 2.11. The molecular weight excluding hydrogens is 248 g/mol. The van der Waals surface area contributed by atoms with Gasteiger partial charge in [-0.15, -0.1) is 0 Å². The summed E-state index contributed by atoms with van der Waals surface area (Å²) >= 11 is 0. The van der Waals surface area contributed by atoms with Crippen LogP contribution in [0.2, 0.25) is 0 Å². The Morgan fingerprint density at radius 3 is 2.42 bits per heavy atom. The smallest absolute Gasteiger partial charge is 0.296 e. The molecule has 0 unspecified atom stereocenters. The quantitative estimate of drug-likeness (QED) is 0.633. The summed E-state index contributed by atoms with van der Waals surface area (Å²) in [4.78, 5) is 10.7. The largest absolute Gasteiger partial charge is 0.493 e. The Balaban J connectivity index is 2.24. The highest BCUT2D eigenvalue weighted by atomic mass is 16.6. The van der Waals surface area contributed by atoms with Crippen LogP contribution in [0.15, 0.2) is 12.1 Å². The van der Waals surface area contributed by atoms with E-state index in [1.165, 1.54) is 39.5 Å². The maximum atomic E-state index is 11.1. The van der Waals surface area contributed by atoms with Gasteiger partial charge in [0.1, 0.15) is 5.69 Å². The van der Waals surface area contributed by atoms with E-state index >= 15 is 0 Å². The van der Waals surface area contributed by atoms with Crippen molar-refractivity contribution in [2.75, 3.05) is 26.1 Å². The van der Waals surface area contributed by atoms with E-state index in [4.69, 9.17) is 9.47 Å². The Morgan fingerprint density at radius 1 is 1.32 bits per heavy atom. The van der Waals surface area contributed by atoms with Crippen molar-refractivity contribution < 1.29 is 14.4 Å². The molecule has 1 aromatic carbocycles. The normalized spacial score (nSPS) is 14.6. The van der Waals surface area contributed by atoms with Crippen LogP contribution in [-0.2, 0) is 0 Å². The number of nitro benzene ring substituents is 1. The van der Waals surface area contributed by atoms with E-state index < -0.39 is 4.92 Å². The zero-order valence-electron chi connectivity index (χ0n) is 11.1. The lowest BCUT2D eigenvalue weighted by Crippen LogP contribution is -2.21. The molecular formula is C13H18N2O4. The van der Waals surface area contributed by atoms with Gasteiger partial charge in [0.2, 0.25) is 0 Å². The molecule has 0 spiro atoms. The fraction of sp³-hybridized carbons (Fsp3) is 0.538. The van der Waals surface area contributed by atoms with Crippen LogP contribution in [-0.4, -0.2) is 25.7 Å². The van der Waals surface area contributed by atoms with E-state index in [-0.39, 0.29) is 5.69 Å². The van der Waals surface area contributed by atoms with Crippen molar-refractivity contribution in [2.45, 2.75) is 19.3 Å². The molecule has 1 fully saturated rings. The SMILES string of the molecule is COc1cc(NCC2CCC2)c([N+](=O)[O-])cc1OC. The minimum absolute atomic E-state index is 0.0111. The number of nitrogens with one attached hydrogen (secondary N) is 1.